The lowest BCUT2D eigenvalue weighted by molar-refractivity contribution is -0.111. The summed E-state index contributed by atoms with van der Waals surface area (Å²) >= 11 is 0. The molecule has 0 aliphatic carbocycles. The van der Waals surface area contributed by atoms with Gasteiger partial charge in [-0.2, -0.15) is 0 Å². The largest absolute Gasteiger partial charge is 0.491 e. The molecule has 0 aromatic heterocycles. The van der Waals surface area contributed by atoms with Gasteiger partial charge in [-0.05, 0) is 62.2 Å². The average molecular weight is 310 g/mol. The third-order valence-electron chi connectivity index (χ3n) is 3.29. The van der Waals surface area contributed by atoms with Gasteiger partial charge >= 0.3 is 0 Å². The van der Waals surface area contributed by atoms with Crippen molar-refractivity contribution in [3.63, 3.8) is 0 Å². The van der Waals surface area contributed by atoms with Gasteiger partial charge in [0.25, 0.3) is 0 Å². The van der Waals surface area contributed by atoms with Gasteiger partial charge in [-0.15, -0.1) is 0 Å². The predicted octanol–water partition coefficient (Wildman–Crippen LogP) is 4.02. The fraction of sp³-hybridized carbons (Fsp3) is 0.211. The Morgan fingerprint density at radius 1 is 1.22 bits per heavy atom. The second-order valence-corrected chi connectivity index (χ2v) is 5.58. The standard InChI is InChI=1S/C19H22N2O2/c1-13(2)23-16-7-4-6-15(12-16)10-11-19(22)21-18-9-5-8-17(20)14(18)3/h4-13H,20H2,1-3H3,(H,21,22)/b11-10+. The average Bonchev–Trinajstić information content (AvgIpc) is 2.50. The van der Waals surface area contributed by atoms with Crippen LogP contribution in [0.4, 0.5) is 11.4 Å². The Morgan fingerprint density at radius 2 is 1.96 bits per heavy atom. The molecule has 0 fully saturated rings. The first-order valence-corrected chi connectivity index (χ1v) is 7.56. The zero-order valence-corrected chi connectivity index (χ0v) is 13.7. The predicted molar refractivity (Wildman–Crippen MR) is 95.5 cm³/mol. The van der Waals surface area contributed by atoms with Crippen LogP contribution < -0.4 is 15.8 Å². The Hall–Kier alpha value is -2.75. The van der Waals surface area contributed by atoms with E-state index in [9.17, 15) is 4.79 Å². The summed E-state index contributed by atoms with van der Waals surface area (Å²) in [6, 6.07) is 13.1. The molecule has 0 bridgehead atoms. The summed E-state index contributed by atoms with van der Waals surface area (Å²) in [5, 5.41) is 2.83. The van der Waals surface area contributed by atoms with Crippen LogP contribution in [-0.2, 0) is 4.79 Å². The minimum atomic E-state index is -0.200. The highest BCUT2D eigenvalue weighted by molar-refractivity contribution is 6.02. The highest BCUT2D eigenvalue weighted by Crippen LogP contribution is 2.20. The third kappa shape index (κ3) is 4.88. The molecule has 2 rings (SSSR count). The molecule has 120 valence electrons. The number of nitrogen functional groups attached to an aromatic ring is 1. The van der Waals surface area contributed by atoms with Gasteiger partial charge in [0.1, 0.15) is 5.75 Å². The fourth-order valence-electron chi connectivity index (χ4n) is 2.10. The molecule has 4 nitrogen and oxygen atoms in total. The summed E-state index contributed by atoms with van der Waals surface area (Å²) in [5.74, 6) is 0.586. The molecular weight excluding hydrogens is 288 g/mol. The fourth-order valence-corrected chi connectivity index (χ4v) is 2.10. The number of benzene rings is 2. The van der Waals surface area contributed by atoms with Gasteiger partial charge in [-0.1, -0.05) is 18.2 Å². The minimum Gasteiger partial charge on any atom is -0.491 e. The van der Waals surface area contributed by atoms with Crippen LogP contribution in [-0.4, -0.2) is 12.0 Å². The van der Waals surface area contributed by atoms with E-state index < -0.39 is 0 Å². The molecule has 23 heavy (non-hydrogen) atoms. The molecule has 1 amide bonds. The van der Waals surface area contributed by atoms with E-state index in [-0.39, 0.29) is 12.0 Å². The van der Waals surface area contributed by atoms with Crippen molar-refractivity contribution in [1.29, 1.82) is 0 Å². The van der Waals surface area contributed by atoms with Crippen LogP contribution in [0.5, 0.6) is 5.75 Å². The Kier molecular flexibility index (Phi) is 5.41. The van der Waals surface area contributed by atoms with E-state index in [1.165, 1.54) is 6.08 Å². The van der Waals surface area contributed by atoms with E-state index in [1.54, 1.807) is 12.1 Å². The van der Waals surface area contributed by atoms with E-state index in [4.69, 9.17) is 10.5 Å². The lowest BCUT2D eigenvalue weighted by Gasteiger charge is -2.10. The van der Waals surface area contributed by atoms with E-state index in [0.29, 0.717) is 5.69 Å². The number of hydrogen-bond donors (Lipinski definition) is 2. The number of anilines is 2. The van der Waals surface area contributed by atoms with E-state index in [2.05, 4.69) is 5.32 Å². The van der Waals surface area contributed by atoms with Crippen molar-refractivity contribution in [1.82, 2.24) is 0 Å². The number of nitrogens with one attached hydrogen (secondary N) is 1. The van der Waals surface area contributed by atoms with Gasteiger partial charge in [-0.25, -0.2) is 0 Å². The van der Waals surface area contributed by atoms with E-state index in [1.807, 2.05) is 57.2 Å². The van der Waals surface area contributed by atoms with E-state index >= 15 is 0 Å². The maximum absolute atomic E-state index is 12.0. The molecule has 0 aliphatic heterocycles. The summed E-state index contributed by atoms with van der Waals surface area (Å²) in [7, 11) is 0. The highest BCUT2D eigenvalue weighted by atomic mass is 16.5. The molecule has 0 saturated carbocycles. The molecule has 0 aliphatic rings. The van der Waals surface area contributed by atoms with Crippen LogP contribution in [0.3, 0.4) is 0 Å². The summed E-state index contributed by atoms with van der Waals surface area (Å²) in [4.78, 5) is 12.0. The lowest BCUT2D eigenvalue weighted by atomic mass is 10.1. The molecule has 0 saturated heterocycles. The maximum atomic E-state index is 12.0. The first kappa shape index (κ1) is 16.6. The Morgan fingerprint density at radius 3 is 2.70 bits per heavy atom. The van der Waals surface area contributed by atoms with Crippen LogP contribution >= 0.6 is 0 Å². The van der Waals surface area contributed by atoms with Crippen LogP contribution in [0.15, 0.2) is 48.5 Å². The zero-order valence-electron chi connectivity index (χ0n) is 13.7. The van der Waals surface area contributed by atoms with Crippen LogP contribution in [0.2, 0.25) is 0 Å². The van der Waals surface area contributed by atoms with Crippen molar-refractivity contribution in [3.8, 4) is 5.75 Å². The molecule has 3 N–H and O–H groups in total. The summed E-state index contributed by atoms with van der Waals surface area (Å²) < 4.78 is 5.64. The maximum Gasteiger partial charge on any atom is 0.248 e. The van der Waals surface area contributed by atoms with Crippen molar-refractivity contribution in [2.75, 3.05) is 11.1 Å². The molecule has 0 unspecified atom stereocenters. The number of amides is 1. The molecule has 2 aromatic rings. The van der Waals surface area contributed by atoms with E-state index in [0.717, 1.165) is 22.6 Å². The smallest absolute Gasteiger partial charge is 0.248 e. The Bertz CT molecular complexity index is 721. The first-order valence-electron chi connectivity index (χ1n) is 7.56. The molecule has 2 aromatic carbocycles. The second-order valence-electron chi connectivity index (χ2n) is 5.58. The molecular formula is C19H22N2O2. The van der Waals surface area contributed by atoms with Crippen molar-refractivity contribution < 1.29 is 9.53 Å². The normalized spacial score (nSPS) is 11.0. The van der Waals surface area contributed by atoms with Gasteiger partial charge in [0.05, 0.1) is 6.10 Å². The van der Waals surface area contributed by atoms with Gasteiger partial charge in [0.2, 0.25) is 5.91 Å². The number of ether oxygens (including phenoxy) is 1. The monoisotopic (exact) mass is 310 g/mol. The number of hydrogen-bond acceptors (Lipinski definition) is 3. The summed E-state index contributed by atoms with van der Waals surface area (Å²) in [5.41, 5.74) is 8.98. The van der Waals surface area contributed by atoms with Crippen molar-refractivity contribution in [2.24, 2.45) is 0 Å². The highest BCUT2D eigenvalue weighted by Gasteiger charge is 2.04. The van der Waals surface area contributed by atoms with Gasteiger partial charge in [-0.3, -0.25) is 4.79 Å². The molecule has 0 atom stereocenters. The minimum absolute atomic E-state index is 0.115. The first-order chi connectivity index (χ1) is 11.0. The van der Waals surface area contributed by atoms with Crippen LogP contribution in [0.25, 0.3) is 6.08 Å². The Balaban J connectivity index is 2.05. The number of carbonyl (C=O) groups is 1. The number of nitrogens with two attached hydrogens (primary N) is 1. The van der Waals surface area contributed by atoms with Crippen LogP contribution in [0, 0.1) is 6.92 Å². The van der Waals surface area contributed by atoms with Gasteiger partial charge in [0.15, 0.2) is 0 Å². The number of rotatable bonds is 5. The molecule has 4 heteroatoms. The summed E-state index contributed by atoms with van der Waals surface area (Å²) in [6.07, 6.45) is 3.37. The quantitative estimate of drug-likeness (QED) is 0.647. The molecule has 0 radical (unpaired) electrons. The lowest BCUT2D eigenvalue weighted by Crippen LogP contribution is -2.09. The molecule has 0 spiro atoms. The second kappa shape index (κ2) is 7.49. The zero-order chi connectivity index (χ0) is 16.8. The number of carbonyl (C=O) groups excluding carboxylic acids is 1. The van der Waals surface area contributed by atoms with Gasteiger partial charge in [0, 0.05) is 17.5 Å². The summed E-state index contributed by atoms with van der Waals surface area (Å²) in [6.45, 7) is 5.83. The Labute approximate surface area is 137 Å². The van der Waals surface area contributed by atoms with Crippen molar-refractivity contribution >= 4 is 23.4 Å². The molecule has 0 heterocycles. The SMILES string of the molecule is Cc1c(N)cccc1NC(=O)/C=C/c1cccc(OC(C)C)c1. The van der Waals surface area contributed by atoms with Crippen molar-refractivity contribution in [2.45, 2.75) is 26.9 Å². The van der Waals surface area contributed by atoms with Gasteiger partial charge < -0.3 is 15.8 Å². The third-order valence-corrected chi connectivity index (χ3v) is 3.29. The van der Waals surface area contributed by atoms with Crippen molar-refractivity contribution in [3.05, 3.63) is 59.7 Å². The topological polar surface area (TPSA) is 64.3 Å². The van der Waals surface area contributed by atoms with Crippen LogP contribution in [0.1, 0.15) is 25.0 Å².